The average Bonchev–Trinajstić information content (AvgIpc) is 2.86. The van der Waals surface area contributed by atoms with Gasteiger partial charge in [0.25, 0.3) is 0 Å². The second-order valence-corrected chi connectivity index (χ2v) is 3.30. The summed E-state index contributed by atoms with van der Waals surface area (Å²) in [5, 5.41) is 7.08. The number of nitrogens with zero attached hydrogens (tertiary/aromatic N) is 1. The number of carbonyl (C=O) groups is 1. The lowest BCUT2D eigenvalue weighted by Crippen LogP contribution is -2.08. The highest BCUT2D eigenvalue weighted by molar-refractivity contribution is 5.86. The Labute approximate surface area is 81.4 Å². The fourth-order valence-electron chi connectivity index (χ4n) is 1.59. The monoisotopic (exact) mass is 196 g/mol. The standard InChI is InChI=1S/C9H12N2O3/c1-13-9(12)8-4-7(11-14-8)6-2-3-10-5-6/h4,6,10H,2-3,5H2,1H3/t6-/m1/s1. The Morgan fingerprint density at radius 3 is 3.29 bits per heavy atom. The topological polar surface area (TPSA) is 64.4 Å². The van der Waals surface area contributed by atoms with Gasteiger partial charge in [-0.15, -0.1) is 0 Å². The van der Waals surface area contributed by atoms with Crippen LogP contribution in [0.1, 0.15) is 28.6 Å². The molecule has 0 spiro atoms. The van der Waals surface area contributed by atoms with Gasteiger partial charge in [0, 0.05) is 18.5 Å². The zero-order valence-electron chi connectivity index (χ0n) is 7.95. The highest BCUT2D eigenvalue weighted by atomic mass is 16.5. The van der Waals surface area contributed by atoms with E-state index in [1.165, 1.54) is 7.11 Å². The summed E-state index contributed by atoms with van der Waals surface area (Å²) < 4.78 is 9.40. The van der Waals surface area contributed by atoms with Gasteiger partial charge in [0.1, 0.15) is 0 Å². The summed E-state index contributed by atoms with van der Waals surface area (Å²) >= 11 is 0. The Bertz CT molecular complexity index is 329. The van der Waals surface area contributed by atoms with Crippen LogP contribution in [0, 0.1) is 0 Å². The summed E-state index contributed by atoms with van der Waals surface area (Å²) in [6.45, 7) is 1.89. The molecule has 0 bridgehead atoms. The maximum Gasteiger partial charge on any atom is 0.376 e. The van der Waals surface area contributed by atoms with Crippen LogP contribution in [0.25, 0.3) is 0 Å². The van der Waals surface area contributed by atoms with Gasteiger partial charge in [-0.25, -0.2) is 4.79 Å². The zero-order valence-corrected chi connectivity index (χ0v) is 7.95. The number of rotatable bonds is 2. The van der Waals surface area contributed by atoms with E-state index in [0.717, 1.165) is 25.2 Å². The molecule has 0 radical (unpaired) electrons. The molecule has 0 amide bonds. The first-order chi connectivity index (χ1) is 6.81. The minimum atomic E-state index is -0.477. The summed E-state index contributed by atoms with van der Waals surface area (Å²) in [6, 6.07) is 1.66. The van der Waals surface area contributed by atoms with E-state index >= 15 is 0 Å². The number of ether oxygens (including phenoxy) is 1. The number of carbonyl (C=O) groups excluding carboxylic acids is 1. The van der Waals surface area contributed by atoms with Gasteiger partial charge >= 0.3 is 5.97 Å². The van der Waals surface area contributed by atoms with Crippen LogP contribution < -0.4 is 5.32 Å². The molecule has 14 heavy (non-hydrogen) atoms. The Morgan fingerprint density at radius 2 is 2.64 bits per heavy atom. The average molecular weight is 196 g/mol. The molecule has 1 aliphatic heterocycles. The first-order valence-corrected chi connectivity index (χ1v) is 4.57. The summed E-state index contributed by atoms with van der Waals surface area (Å²) in [5.74, 6) is 0.0567. The number of methoxy groups -OCH3 is 1. The third-order valence-electron chi connectivity index (χ3n) is 2.39. The minimum absolute atomic E-state index is 0.175. The zero-order chi connectivity index (χ0) is 9.97. The number of hydrogen-bond donors (Lipinski definition) is 1. The molecular weight excluding hydrogens is 184 g/mol. The van der Waals surface area contributed by atoms with Crippen molar-refractivity contribution in [1.82, 2.24) is 10.5 Å². The van der Waals surface area contributed by atoms with Crippen molar-refractivity contribution >= 4 is 5.97 Å². The second-order valence-electron chi connectivity index (χ2n) is 3.30. The minimum Gasteiger partial charge on any atom is -0.463 e. The van der Waals surface area contributed by atoms with Gasteiger partial charge in [-0.1, -0.05) is 5.16 Å². The molecule has 0 aliphatic carbocycles. The van der Waals surface area contributed by atoms with Gasteiger partial charge in [-0.3, -0.25) is 0 Å². The molecule has 1 atom stereocenters. The number of nitrogens with one attached hydrogen (secondary N) is 1. The van der Waals surface area contributed by atoms with Crippen molar-refractivity contribution in [3.8, 4) is 0 Å². The van der Waals surface area contributed by atoms with Gasteiger partial charge in [0.05, 0.1) is 12.8 Å². The normalized spacial score (nSPS) is 21.1. The molecule has 0 aromatic carbocycles. The summed E-state index contributed by atoms with van der Waals surface area (Å²) in [6.07, 6.45) is 1.03. The van der Waals surface area contributed by atoms with E-state index < -0.39 is 5.97 Å². The van der Waals surface area contributed by atoms with Crippen LogP contribution >= 0.6 is 0 Å². The Balaban J connectivity index is 2.12. The number of aromatic nitrogens is 1. The van der Waals surface area contributed by atoms with Crippen molar-refractivity contribution in [3.63, 3.8) is 0 Å². The first-order valence-electron chi connectivity index (χ1n) is 4.57. The van der Waals surface area contributed by atoms with Gasteiger partial charge in [0.15, 0.2) is 0 Å². The van der Waals surface area contributed by atoms with Gasteiger partial charge in [-0.05, 0) is 13.0 Å². The van der Waals surface area contributed by atoms with E-state index in [-0.39, 0.29) is 5.76 Å². The Hall–Kier alpha value is -1.36. The molecule has 5 heteroatoms. The van der Waals surface area contributed by atoms with Crippen molar-refractivity contribution in [3.05, 3.63) is 17.5 Å². The fourth-order valence-corrected chi connectivity index (χ4v) is 1.59. The Morgan fingerprint density at radius 1 is 1.79 bits per heavy atom. The van der Waals surface area contributed by atoms with Gasteiger partial charge in [0.2, 0.25) is 5.76 Å². The molecular formula is C9H12N2O3. The highest BCUT2D eigenvalue weighted by Crippen LogP contribution is 2.21. The molecule has 1 N–H and O–H groups in total. The van der Waals surface area contributed by atoms with Crippen LogP contribution in [0.4, 0.5) is 0 Å². The lowest BCUT2D eigenvalue weighted by molar-refractivity contribution is 0.0554. The molecule has 1 fully saturated rings. The van der Waals surface area contributed by atoms with E-state index in [1.54, 1.807) is 6.07 Å². The SMILES string of the molecule is COC(=O)c1cc([C@@H]2CCNC2)no1. The van der Waals surface area contributed by atoms with E-state index in [9.17, 15) is 4.79 Å². The van der Waals surface area contributed by atoms with Gasteiger partial charge < -0.3 is 14.6 Å². The van der Waals surface area contributed by atoms with Crippen molar-refractivity contribution in [1.29, 1.82) is 0 Å². The summed E-state index contributed by atoms with van der Waals surface area (Å²) in [4.78, 5) is 11.1. The third-order valence-corrected chi connectivity index (χ3v) is 2.39. The van der Waals surface area contributed by atoms with Crippen molar-refractivity contribution in [2.75, 3.05) is 20.2 Å². The number of hydrogen-bond acceptors (Lipinski definition) is 5. The molecule has 2 heterocycles. The predicted molar refractivity (Wildman–Crippen MR) is 48.1 cm³/mol. The predicted octanol–water partition coefficient (Wildman–Crippen LogP) is 0.538. The smallest absolute Gasteiger partial charge is 0.376 e. The molecule has 1 aliphatic rings. The van der Waals surface area contributed by atoms with Crippen molar-refractivity contribution < 1.29 is 14.1 Å². The Kier molecular flexibility index (Phi) is 2.49. The van der Waals surface area contributed by atoms with Crippen molar-refractivity contribution in [2.45, 2.75) is 12.3 Å². The van der Waals surface area contributed by atoms with Gasteiger partial charge in [-0.2, -0.15) is 0 Å². The molecule has 2 rings (SSSR count). The van der Waals surface area contributed by atoms with E-state index in [0.29, 0.717) is 5.92 Å². The lowest BCUT2D eigenvalue weighted by Gasteiger charge is -1.99. The molecule has 1 aromatic heterocycles. The second kappa shape index (κ2) is 3.79. The van der Waals surface area contributed by atoms with Crippen LogP contribution in [0.3, 0.4) is 0 Å². The third kappa shape index (κ3) is 1.63. The van der Waals surface area contributed by atoms with Crippen LogP contribution in [0.5, 0.6) is 0 Å². The largest absolute Gasteiger partial charge is 0.463 e. The molecule has 0 unspecified atom stereocenters. The van der Waals surface area contributed by atoms with Crippen LogP contribution in [-0.2, 0) is 4.74 Å². The molecule has 5 nitrogen and oxygen atoms in total. The maximum atomic E-state index is 11.1. The molecule has 76 valence electrons. The van der Waals surface area contributed by atoms with E-state index in [1.807, 2.05) is 0 Å². The van der Waals surface area contributed by atoms with E-state index in [4.69, 9.17) is 4.52 Å². The molecule has 0 saturated carbocycles. The van der Waals surface area contributed by atoms with Crippen LogP contribution in [0.2, 0.25) is 0 Å². The summed E-state index contributed by atoms with van der Waals surface area (Å²) in [5.41, 5.74) is 0.829. The number of esters is 1. The lowest BCUT2D eigenvalue weighted by atomic mass is 10.1. The van der Waals surface area contributed by atoms with Crippen molar-refractivity contribution in [2.24, 2.45) is 0 Å². The first kappa shape index (κ1) is 9.21. The highest BCUT2D eigenvalue weighted by Gasteiger charge is 2.22. The summed E-state index contributed by atoms with van der Waals surface area (Å²) in [7, 11) is 1.32. The fraction of sp³-hybridized carbons (Fsp3) is 0.556. The quantitative estimate of drug-likeness (QED) is 0.699. The maximum absolute atomic E-state index is 11.1. The van der Waals surface area contributed by atoms with E-state index in [2.05, 4.69) is 15.2 Å². The van der Waals surface area contributed by atoms with Crippen LogP contribution in [-0.4, -0.2) is 31.3 Å². The van der Waals surface area contributed by atoms with Crippen LogP contribution in [0.15, 0.2) is 10.6 Å². The molecule has 1 saturated heterocycles. The molecule has 1 aromatic rings.